The molecule has 3 rings (SSSR count). The van der Waals surface area contributed by atoms with Crippen LogP contribution in [-0.2, 0) is 13.0 Å². The molecule has 0 fully saturated rings. The molecule has 0 saturated carbocycles. The zero-order valence-corrected chi connectivity index (χ0v) is 11.9. The van der Waals surface area contributed by atoms with Crippen molar-refractivity contribution in [1.82, 2.24) is 10.3 Å². The number of nitrogens with one attached hydrogen (secondary N) is 1. The summed E-state index contributed by atoms with van der Waals surface area (Å²) >= 11 is 1.68. The third-order valence-electron chi connectivity index (χ3n) is 3.01. The Labute approximate surface area is 122 Å². The molecular weight excluding hydrogens is 268 g/mol. The van der Waals surface area contributed by atoms with Gasteiger partial charge in [0.15, 0.2) is 5.76 Å². The Bertz CT molecular complexity index is 632. The number of rotatable bonds is 6. The summed E-state index contributed by atoms with van der Waals surface area (Å²) in [7, 11) is 0. The van der Waals surface area contributed by atoms with E-state index in [1.54, 1.807) is 17.6 Å². The van der Waals surface area contributed by atoms with E-state index in [0.29, 0.717) is 0 Å². The van der Waals surface area contributed by atoms with Gasteiger partial charge in [0, 0.05) is 24.9 Å². The first-order valence-corrected chi connectivity index (χ1v) is 7.53. The van der Waals surface area contributed by atoms with Crippen molar-refractivity contribution in [2.75, 3.05) is 6.54 Å². The quantitative estimate of drug-likeness (QED) is 0.701. The number of thiazole rings is 1. The molecule has 102 valence electrons. The lowest BCUT2D eigenvalue weighted by Gasteiger charge is -2.03. The van der Waals surface area contributed by atoms with Crippen molar-refractivity contribution in [1.29, 1.82) is 0 Å². The van der Waals surface area contributed by atoms with Crippen molar-refractivity contribution >= 4 is 11.3 Å². The maximum absolute atomic E-state index is 5.34. The van der Waals surface area contributed by atoms with Crippen LogP contribution < -0.4 is 5.32 Å². The van der Waals surface area contributed by atoms with Gasteiger partial charge < -0.3 is 9.73 Å². The van der Waals surface area contributed by atoms with Gasteiger partial charge in [-0.2, -0.15) is 0 Å². The van der Waals surface area contributed by atoms with E-state index in [2.05, 4.69) is 34.6 Å². The average molecular weight is 284 g/mol. The Morgan fingerprint density at radius 3 is 2.80 bits per heavy atom. The van der Waals surface area contributed by atoms with Crippen molar-refractivity contribution in [2.45, 2.75) is 13.0 Å². The van der Waals surface area contributed by atoms with Gasteiger partial charge in [0.05, 0.1) is 11.3 Å². The zero-order valence-electron chi connectivity index (χ0n) is 11.1. The predicted octanol–water partition coefficient (Wildman–Crippen LogP) is 3.74. The lowest BCUT2D eigenvalue weighted by molar-refractivity contribution is 0.580. The Hall–Kier alpha value is -1.91. The van der Waals surface area contributed by atoms with Crippen molar-refractivity contribution in [2.24, 2.45) is 0 Å². The minimum atomic E-state index is 0.838. The molecule has 4 heteroatoms. The van der Waals surface area contributed by atoms with Crippen molar-refractivity contribution in [3.8, 4) is 11.5 Å². The van der Waals surface area contributed by atoms with E-state index in [-0.39, 0.29) is 0 Å². The summed E-state index contributed by atoms with van der Waals surface area (Å²) in [6, 6.07) is 14.2. The fraction of sp³-hybridized carbons (Fsp3) is 0.188. The number of benzene rings is 1. The van der Waals surface area contributed by atoms with Gasteiger partial charge >= 0.3 is 0 Å². The van der Waals surface area contributed by atoms with E-state index in [1.807, 2.05) is 23.6 Å². The topological polar surface area (TPSA) is 38.1 Å². The number of furan rings is 1. The molecule has 0 unspecified atom stereocenters. The van der Waals surface area contributed by atoms with Crippen LogP contribution in [0.3, 0.4) is 0 Å². The van der Waals surface area contributed by atoms with E-state index < -0.39 is 0 Å². The Morgan fingerprint density at radius 2 is 2.00 bits per heavy atom. The molecule has 3 nitrogen and oxygen atoms in total. The third-order valence-corrected chi connectivity index (χ3v) is 3.92. The molecule has 2 heterocycles. The molecule has 20 heavy (non-hydrogen) atoms. The summed E-state index contributed by atoms with van der Waals surface area (Å²) < 4.78 is 5.34. The maximum Gasteiger partial charge on any atom is 0.153 e. The SMILES string of the molecule is c1ccc(CNCCc2nc(-c3ccco3)cs2)cc1. The lowest BCUT2D eigenvalue weighted by Crippen LogP contribution is -2.16. The van der Waals surface area contributed by atoms with Gasteiger partial charge in [-0.05, 0) is 17.7 Å². The van der Waals surface area contributed by atoms with E-state index in [9.17, 15) is 0 Å². The molecule has 0 aliphatic carbocycles. The summed E-state index contributed by atoms with van der Waals surface area (Å²) in [6.07, 6.45) is 2.62. The monoisotopic (exact) mass is 284 g/mol. The van der Waals surface area contributed by atoms with Crippen LogP contribution in [0.4, 0.5) is 0 Å². The molecule has 0 aliphatic rings. The number of hydrogen-bond acceptors (Lipinski definition) is 4. The van der Waals surface area contributed by atoms with Gasteiger partial charge in [-0.1, -0.05) is 30.3 Å². The van der Waals surface area contributed by atoms with Crippen LogP contribution in [0.25, 0.3) is 11.5 Å². The van der Waals surface area contributed by atoms with Crippen LogP contribution in [0.2, 0.25) is 0 Å². The maximum atomic E-state index is 5.34. The number of hydrogen-bond donors (Lipinski definition) is 1. The van der Waals surface area contributed by atoms with E-state index >= 15 is 0 Å². The fourth-order valence-corrected chi connectivity index (χ4v) is 2.77. The molecule has 2 aromatic heterocycles. The second-order valence-corrected chi connectivity index (χ2v) is 5.46. The fourth-order valence-electron chi connectivity index (χ4n) is 1.99. The predicted molar refractivity (Wildman–Crippen MR) is 81.7 cm³/mol. The van der Waals surface area contributed by atoms with Crippen LogP contribution in [0, 0.1) is 0 Å². The molecule has 0 radical (unpaired) electrons. The molecule has 0 aliphatic heterocycles. The van der Waals surface area contributed by atoms with Gasteiger partial charge in [0.1, 0.15) is 5.69 Å². The average Bonchev–Trinajstić information content (AvgIpc) is 3.15. The largest absolute Gasteiger partial charge is 0.463 e. The van der Waals surface area contributed by atoms with E-state index in [1.165, 1.54) is 5.56 Å². The highest BCUT2D eigenvalue weighted by atomic mass is 32.1. The highest BCUT2D eigenvalue weighted by Crippen LogP contribution is 2.22. The highest BCUT2D eigenvalue weighted by Gasteiger charge is 2.06. The first-order chi connectivity index (χ1) is 9.92. The molecule has 0 saturated heterocycles. The van der Waals surface area contributed by atoms with Crippen LogP contribution in [0.1, 0.15) is 10.6 Å². The van der Waals surface area contributed by atoms with Crippen molar-refractivity contribution < 1.29 is 4.42 Å². The Kier molecular flexibility index (Phi) is 4.25. The van der Waals surface area contributed by atoms with Gasteiger partial charge in [0.2, 0.25) is 0 Å². The molecule has 1 N–H and O–H groups in total. The lowest BCUT2D eigenvalue weighted by atomic mass is 10.2. The molecule has 0 atom stereocenters. The number of aromatic nitrogens is 1. The normalized spacial score (nSPS) is 10.8. The summed E-state index contributed by atoms with van der Waals surface area (Å²) in [4.78, 5) is 4.58. The molecule has 0 spiro atoms. The van der Waals surface area contributed by atoms with Gasteiger partial charge in [-0.3, -0.25) is 0 Å². The molecule has 0 amide bonds. The van der Waals surface area contributed by atoms with Gasteiger partial charge in [0.25, 0.3) is 0 Å². The van der Waals surface area contributed by atoms with Gasteiger partial charge in [-0.25, -0.2) is 4.98 Å². The minimum absolute atomic E-state index is 0.838. The molecule has 0 bridgehead atoms. The zero-order chi connectivity index (χ0) is 13.6. The standard InChI is InChI=1S/C16H16N2OS/c1-2-5-13(6-3-1)11-17-9-8-16-18-14(12-20-16)15-7-4-10-19-15/h1-7,10,12,17H,8-9,11H2. The molecular formula is C16H16N2OS. The second-order valence-electron chi connectivity index (χ2n) is 4.52. The third kappa shape index (κ3) is 3.35. The highest BCUT2D eigenvalue weighted by molar-refractivity contribution is 7.09. The summed E-state index contributed by atoms with van der Waals surface area (Å²) in [6.45, 7) is 1.83. The van der Waals surface area contributed by atoms with Crippen molar-refractivity contribution in [3.05, 3.63) is 64.7 Å². The number of nitrogens with zero attached hydrogens (tertiary/aromatic N) is 1. The van der Waals surface area contributed by atoms with E-state index in [0.717, 1.165) is 36.0 Å². The van der Waals surface area contributed by atoms with Gasteiger partial charge in [-0.15, -0.1) is 11.3 Å². The van der Waals surface area contributed by atoms with Crippen LogP contribution in [-0.4, -0.2) is 11.5 Å². The summed E-state index contributed by atoms with van der Waals surface area (Å²) in [5.74, 6) is 0.838. The first kappa shape index (κ1) is 13.1. The van der Waals surface area contributed by atoms with Crippen LogP contribution in [0.15, 0.2) is 58.5 Å². The Morgan fingerprint density at radius 1 is 1.10 bits per heavy atom. The summed E-state index contributed by atoms with van der Waals surface area (Å²) in [5, 5.41) is 6.62. The Balaban J connectivity index is 1.47. The molecule has 1 aromatic carbocycles. The van der Waals surface area contributed by atoms with Crippen molar-refractivity contribution in [3.63, 3.8) is 0 Å². The minimum Gasteiger partial charge on any atom is -0.463 e. The smallest absolute Gasteiger partial charge is 0.153 e. The van der Waals surface area contributed by atoms with Crippen LogP contribution >= 0.6 is 11.3 Å². The molecule has 3 aromatic rings. The first-order valence-electron chi connectivity index (χ1n) is 6.65. The van der Waals surface area contributed by atoms with E-state index in [4.69, 9.17) is 4.42 Å². The summed E-state index contributed by atoms with van der Waals surface area (Å²) in [5.41, 5.74) is 2.24. The van der Waals surface area contributed by atoms with Crippen LogP contribution in [0.5, 0.6) is 0 Å². The second kappa shape index (κ2) is 6.50.